The summed E-state index contributed by atoms with van der Waals surface area (Å²) in [5.74, 6) is -0.527. The number of rotatable bonds is 5. The van der Waals surface area contributed by atoms with E-state index in [0.29, 0.717) is 6.61 Å². The fourth-order valence-corrected chi connectivity index (χ4v) is 1.41. The fraction of sp³-hybridized carbons (Fsp3) is 0.556. The zero-order chi connectivity index (χ0) is 12.1. The lowest BCUT2D eigenvalue weighted by molar-refractivity contribution is 0.0464. The highest BCUT2D eigenvalue weighted by Crippen LogP contribution is 2.23. The second-order valence-electron chi connectivity index (χ2n) is 2.79. The molecule has 90 valence electrons. The number of aromatic nitrogens is 2. The van der Waals surface area contributed by atoms with Crippen molar-refractivity contribution in [3.8, 4) is 0 Å². The number of carbonyl (C=O) groups excluding carboxylic acids is 1. The van der Waals surface area contributed by atoms with E-state index in [2.05, 4.69) is 4.98 Å². The summed E-state index contributed by atoms with van der Waals surface area (Å²) in [5.41, 5.74) is 0. The summed E-state index contributed by atoms with van der Waals surface area (Å²) >= 11 is 11.6. The molecule has 0 atom stereocenters. The van der Waals surface area contributed by atoms with Crippen molar-refractivity contribution in [3.63, 3.8) is 0 Å². The molecule has 7 heteroatoms. The predicted molar refractivity (Wildman–Crippen MR) is 59.8 cm³/mol. The van der Waals surface area contributed by atoms with Crippen LogP contribution < -0.4 is 0 Å². The Balaban J connectivity index is 2.98. The molecule has 0 radical (unpaired) electrons. The van der Waals surface area contributed by atoms with E-state index < -0.39 is 5.97 Å². The van der Waals surface area contributed by atoms with E-state index in [9.17, 15) is 4.79 Å². The summed E-state index contributed by atoms with van der Waals surface area (Å²) < 4.78 is 11.3. The summed E-state index contributed by atoms with van der Waals surface area (Å²) in [6.07, 6.45) is 0. The average Bonchev–Trinajstić information content (AvgIpc) is 2.54. The molecule has 0 saturated carbocycles. The maximum absolute atomic E-state index is 11.5. The van der Waals surface area contributed by atoms with Gasteiger partial charge in [-0.25, -0.2) is 9.78 Å². The van der Waals surface area contributed by atoms with Crippen molar-refractivity contribution in [2.45, 2.75) is 20.6 Å². The van der Waals surface area contributed by atoms with Crippen LogP contribution in [0.5, 0.6) is 0 Å². The van der Waals surface area contributed by atoms with Crippen molar-refractivity contribution >= 4 is 29.2 Å². The molecule has 0 amide bonds. The number of carbonyl (C=O) groups is 1. The first-order valence-corrected chi connectivity index (χ1v) is 5.53. The number of imidazole rings is 1. The van der Waals surface area contributed by atoms with Crippen LogP contribution in [0.4, 0.5) is 0 Å². The minimum atomic E-state index is -0.573. The van der Waals surface area contributed by atoms with Gasteiger partial charge in [0.2, 0.25) is 5.82 Å². The highest BCUT2D eigenvalue weighted by molar-refractivity contribution is 6.40. The van der Waals surface area contributed by atoms with Gasteiger partial charge in [0.15, 0.2) is 5.15 Å². The molecule has 1 rings (SSSR count). The molecule has 0 fully saturated rings. The fourth-order valence-electron chi connectivity index (χ4n) is 1.06. The molecule has 1 aromatic rings. The maximum atomic E-state index is 11.5. The topological polar surface area (TPSA) is 53.4 Å². The van der Waals surface area contributed by atoms with E-state index in [-0.39, 0.29) is 29.5 Å². The Hall–Kier alpha value is -0.780. The molecular formula is C9H12Cl2N2O3. The summed E-state index contributed by atoms with van der Waals surface area (Å²) in [4.78, 5) is 15.3. The number of hydrogen-bond acceptors (Lipinski definition) is 4. The second-order valence-corrected chi connectivity index (χ2v) is 3.50. The van der Waals surface area contributed by atoms with Gasteiger partial charge in [-0.2, -0.15) is 0 Å². The minimum Gasteiger partial charge on any atom is -0.460 e. The van der Waals surface area contributed by atoms with Crippen LogP contribution >= 0.6 is 23.2 Å². The molecule has 5 nitrogen and oxygen atoms in total. The van der Waals surface area contributed by atoms with Crippen molar-refractivity contribution < 1.29 is 14.3 Å². The first-order valence-electron chi connectivity index (χ1n) is 4.78. The SMILES string of the molecule is CCOCn1c(C(=O)OCC)nc(Cl)c1Cl. The zero-order valence-electron chi connectivity index (χ0n) is 9.00. The molecule has 0 bridgehead atoms. The Morgan fingerprint density at radius 1 is 1.38 bits per heavy atom. The highest BCUT2D eigenvalue weighted by atomic mass is 35.5. The Morgan fingerprint density at radius 2 is 2.06 bits per heavy atom. The lowest BCUT2D eigenvalue weighted by Crippen LogP contribution is -2.15. The minimum absolute atomic E-state index is 0.0466. The lowest BCUT2D eigenvalue weighted by Gasteiger charge is -2.07. The number of esters is 1. The van der Waals surface area contributed by atoms with E-state index in [1.807, 2.05) is 6.92 Å². The van der Waals surface area contributed by atoms with Crippen LogP contribution in [0.25, 0.3) is 0 Å². The molecule has 0 spiro atoms. The van der Waals surface area contributed by atoms with Gasteiger partial charge in [0, 0.05) is 6.61 Å². The first-order chi connectivity index (χ1) is 7.61. The molecule has 0 aromatic carbocycles. The van der Waals surface area contributed by atoms with Crippen molar-refractivity contribution in [1.29, 1.82) is 0 Å². The summed E-state index contributed by atoms with van der Waals surface area (Å²) in [5, 5.41) is 0.225. The predicted octanol–water partition coefficient (Wildman–Crippen LogP) is 2.36. The van der Waals surface area contributed by atoms with Crippen LogP contribution in [0.3, 0.4) is 0 Å². The van der Waals surface area contributed by atoms with Gasteiger partial charge >= 0.3 is 5.97 Å². The van der Waals surface area contributed by atoms with E-state index in [0.717, 1.165) is 0 Å². The molecule has 0 unspecified atom stereocenters. The molecule has 0 aliphatic rings. The summed E-state index contributed by atoms with van der Waals surface area (Å²) in [7, 11) is 0. The van der Waals surface area contributed by atoms with E-state index in [1.165, 1.54) is 4.57 Å². The largest absolute Gasteiger partial charge is 0.460 e. The van der Waals surface area contributed by atoms with Gasteiger partial charge in [-0.05, 0) is 13.8 Å². The van der Waals surface area contributed by atoms with Crippen molar-refractivity contribution in [3.05, 3.63) is 16.1 Å². The van der Waals surface area contributed by atoms with Crippen LogP contribution in [0, 0.1) is 0 Å². The quantitative estimate of drug-likeness (QED) is 0.768. The van der Waals surface area contributed by atoms with Crippen LogP contribution in [0.1, 0.15) is 24.5 Å². The van der Waals surface area contributed by atoms with Gasteiger partial charge < -0.3 is 9.47 Å². The standard InChI is InChI=1S/C9H12Cl2N2O3/c1-3-15-5-13-7(11)6(10)12-8(13)9(14)16-4-2/h3-5H2,1-2H3. The van der Waals surface area contributed by atoms with Gasteiger partial charge in [-0.1, -0.05) is 23.2 Å². The summed E-state index contributed by atoms with van der Waals surface area (Å²) in [6.45, 7) is 4.40. The van der Waals surface area contributed by atoms with Gasteiger partial charge in [0.25, 0.3) is 0 Å². The van der Waals surface area contributed by atoms with Gasteiger partial charge in [-0.15, -0.1) is 0 Å². The van der Waals surface area contributed by atoms with Gasteiger partial charge in [0.1, 0.15) is 11.9 Å². The third kappa shape index (κ3) is 2.87. The molecule has 0 N–H and O–H groups in total. The molecule has 0 aliphatic heterocycles. The number of ether oxygens (including phenoxy) is 2. The van der Waals surface area contributed by atoms with Crippen LogP contribution in [-0.4, -0.2) is 28.7 Å². The first kappa shape index (κ1) is 13.3. The van der Waals surface area contributed by atoms with Crippen molar-refractivity contribution in [2.24, 2.45) is 0 Å². The monoisotopic (exact) mass is 266 g/mol. The van der Waals surface area contributed by atoms with E-state index in [1.54, 1.807) is 6.92 Å². The number of hydrogen-bond donors (Lipinski definition) is 0. The molecule has 1 aromatic heterocycles. The third-order valence-electron chi connectivity index (χ3n) is 1.75. The van der Waals surface area contributed by atoms with Crippen LogP contribution in [0.15, 0.2) is 0 Å². The molecular weight excluding hydrogens is 255 g/mol. The highest BCUT2D eigenvalue weighted by Gasteiger charge is 2.21. The van der Waals surface area contributed by atoms with Gasteiger partial charge in [-0.3, -0.25) is 4.57 Å². The van der Waals surface area contributed by atoms with E-state index in [4.69, 9.17) is 32.7 Å². The Labute approximate surface area is 103 Å². The van der Waals surface area contributed by atoms with Crippen molar-refractivity contribution in [2.75, 3.05) is 13.2 Å². The Morgan fingerprint density at radius 3 is 2.62 bits per heavy atom. The lowest BCUT2D eigenvalue weighted by atomic mass is 10.6. The van der Waals surface area contributed by atoms with Crippen LogP contribution in [-0.2, 0) is 16.2 Å². The number of halogens is 2. The normalized spacial score (nSPS) is 10.5. The zero-order valence-corrected chi connectivity index (χ0v) is 10.5. The Bertz CT molecular complexity index is 379. The molecule has 0 saturated heterocycles. The number of nitrogens with zero attached hydrogens (tertiary/aromatic N) is 2. The molecule has 0 aliphatic carbocycles. The molecule has 1 heterocycles. The maximum Gasteiger partial charge on any atom is 0.374 e. The van der Waals surface area contributed by atoms with Crippen LogP contribution in [0.2, 0.25) is 10.3 Å². The third-order valence-corrected chi connectivity index (χ3v) is 2.49. The van der Waals surface area contributed by atoms with E-state index >= 15 is 0 Å². The van der Waals surface area contributed by atoms with Crippen molar-refractivity contribution in [1.82, 2.24) is 9.55 Å². The average molecular weight is 267 g/mol. The molecule has 16 heavy (non-hydrogen) atoms. The Kier molecular flexibility index (Phi) is 5.05. The van der Waals surface area contributed by atoms with Gasteiger partial charge in [0.05, 0.1) is 6.61 Å². The second kappa shape index (κ2) is 6.08. The summed E-state index contributed by atoms with van der Waals surface area (Å²) in [6, 6.07) is 0. The smallest absolute Gasteiger partial charge is 0.374 e.